The van der Waals surface area contributed by atoms with Crippen molar-refractivity contribution in [3.63, 3.8) is 0 Å². The maximum absolute atomic E-state index is 11.5. The molecule has 1 N–H and O–H groups in total. The molecule has 0 atom stereocenters. The summed E-state index contributed by atoms with van der Waals surface area (Å²) in [6.07, 6.45) is 1.80. The van der Waals surface area contributed by atoms with Crippen LogP contribution in [0.2, 0.25) is 0 Å². The zero-order chi connectivity index (χ0) is 12.2. The Hall–Kier alpha value is -1.16. The Morgan fingerprint density at radius 3 is 2.69 bits per heavy atom. The zero-order valence-electron chi connectivity index (χ0n) is 10.5. The van der Waals surface area contributed by atoms with Gasteiger partial charge < -0.3 is 9.72 Å². The Morgan fingerprint density at radius 2 is 2.12 bits per heavy atom. The minimum absolute atomic E-state index is 0.110. The van der Waals surface area contributed by atoms with Gasteiger partial charge in [-0.2, -0.15) is 0 Å². The number of aromatic nitrogens is 2. The lowest BCUT2D eigenvalue weighted by Gasteiger charge is -2.23. The lowest BCUT2D eigenvalue weighted by molar-refractivity contribution is -0.0211. The van der Waals surface area contributed by atoms with Crippen molar-refractivity contribution in [2.24, 2.45) is 0 Å². The number of hydrogen-bond acceptors (Lipinski definition) is 3. The maximum Gasteiger partial charge on any atom is 0.251 e. The third-order valence-electron chi connectivity index (χ3n) is 2.38. The summed E-state index contributed by atoms with van der Waals surface area (Å²) in [6, 6.07) is 1.55. The molecular weight excluding hydrogens is 204 g/mol. The quantitative estimate of drug-likeness (QED) is 0.832. The maximum atomic E-state index is 11.5. The molecule has 1 aromatic rings. The predicted octanol–water partition coefficient (Wildman–Crippen LogP) is 1.99. The van der Waals surface area contributed by atoms with E-state index in [1.54, 1.807) is 6.07 Å². The van der Waals surface area contributed by atoms with Crippen LogP contribution in [0.4, 0.5) is 0 Å². The van der Waals surface area contributed by atoms with Gasteiger partial charge in [0.25, 0.3) is 5.56 Å². The van der Waals surface area contributed by atoms with Gasteiger partial charge >= 0.3 is 0 Å². The number of aromatic amines is 1. The summed E-state index contributed by atoms with van der Waals surface area (Å²) in [5.74, 6) is 0.602. The first-order chi connectivity index (χ1) is 7.49. The molecule has 90 valence electrons. The molecule has 0 amide bonds. The highest BCUT2D eigenvalue weighted by Gasteiger charge is 2.23. The van der Waals surface area contributed by atoms with E-state index in [1.807, 2.05) is 20.8 Å². The molecule has 0 aliphatic rings. The summed E-state index contributed by atoms with van der Waals surface area (Å²) in [5.41, 5.74) is 0.174. The van der Waals surface area contributed by atoms with Crippen molar-refractivity contribution in [3.8, 4) is 0 Å². The first kappa shape index (κ1) is 12.9. The second-order valence-corrected chi connectivity index (χ2v) is 4.28. The highest BCUT2D eigenvalue weighted by atomic mass is 16.5. The molecule has 0 radical (unpaired) electrons. The number of nitrogens with zero attached hydrogens (tertiary/aromatic N) is 1. The molecule has 0 unspecified atom stereocenters. The van der Waals surface area contributed by atoms with E-state index in [4.69, 9.17) is 4.74 Å². The van der Waals surface area contributed by atoms with E-state index in [1.165, 1.54) is 0 Å². The highest BCUT2D eigenvalue weighted by molar-refractivity contribution is 5.07. The van der Waals surface area contributed by atoms with Crippen molar-refractivity contribution in [2.45, 2.75) is 46.1 Å². The van der Waals surface area contributed by atoms with E-state index in [9.17, 15) is 4.79 Å². The summed E-state index contributed by atoms with van der Waals surface area (Å²) in [4.78, 5) is 18.7. The van der Waals surface area contributed by atoms with Gasteiger partial charge in [-0.05, 0) is 27.2 Å². The molecule has 0 saturated heterocycles. The number of rotatable bonds is 5. The lowest BCUT2D eigenvalue weighted by Crippen LogP contribution is -2.28. The van der Waals surface area contributed by atoms with E-state index < -0.39 is 5.60 Å². The molecule has 4 nitrogen and oxygen atoms in total. The summed E-state index contributed by atoms with van der Waals surface area (Å²) in [7, 11) is 0. The van der Waals surface area contributed by atoms with E-state index in [0.29, 0.717) is 12.4 Å². The monoisotopic (exact) mass is 224 g/mol. The average molecular weight is 224 g/mol. The van der Waals surface area contributed by atoms with Crippen molar-refractivity contribution < 1.29 is 4.74 Å². The lowest BCUT2D eigenvalue weighted by atomic mass is 10.1. The summed E-state index contributed by atoms with van der Waals surface area (Å²) < 4.78 is 5.57. The Balaban J connectivity index is 3.08. The first-order valence-corrected chi connectivity index (χ1v) is 5.74. The molecule has 1 rings (SSSR count). The molecule has 0 aromatic carbocycles. The number of aryl methyl sites for hydroxylation is 1. The Kier molecular flexibility index (Phi) is 4.24. The number of nitrogens with one attached hydrogen (secondary N) is 1. The molecule has 0 aliphatic carbocycles. The fraction of sp³-hybridized carbons (Fsp3) is 0.667. The molecule has 1 heterocycles. The zero-order valence-corrected chi connectivity index (χ0v) is 10.5. The normalized spacial score (nSPS) is 11.8. The second kappa shape index (κ2) is 5.25. The van der Waals surface area contributed by atoms with Crippen LogP contribution in [0, 0.1) is 0 Å². The Morgan fingerprint density at radius 1 is 1.44 bits per heavy atom. The van der Waals surface area contributed by atoms with Crippen LogP contribution in [0.3, 0.4) is 0 Å². The topological polar surface area (TPSA) is 55.0 Å². The van der Waals surface area contributed by atoms with Crippen LogP contribution < -0.4 is 5.56 Å². The van der Waals surface area contributed by atoms with Gasteiger partial charge in [0.05, 0.1) is 0 Å². The summed E-state index contributed by atoms with van der Waals surface area (Å²) in [6.45, 7) is 8.40. The molecule has 4 heteroatoms. The van der Waals surface area contributed by atoms with Crippen LogP contribution >= 0.6 is 0 Å². The van der Waals surface area contributed by atoms with E-state index in [0.717, 1.165) is 18.5 Å². The fourth-order valence-corrected chi connectivity index (χ4v) is 1.61. The van der Waals surface area contributed by atoms with Crippen LogP contribution in [0.5, 0.6) is 0 Å². The Bertz CT molecular complexity index is 396. The van der Waals surface area contributed by atoms with Crippen LogP contribution in [-0.2, 0) is 16.8 Å². The predicted molar refractivity (Wildman–Crippen MR) is 63.5 cm³/mol. The summed E-state index contributed by atoms with van der Waals surface area (Å²) in [5, 5.41) is 0. The molecule has 0 spiro atoms. The second-order valence-electron chi connectivity index (χ2n) is 4.28. The SMILES string of the molecule is CCCc1cc(=O)[nH]c(C(C)(C)OCC)n1. The van der Waals surface area contributed by atoms with Gasteiger partial charge in [-0.3, -0.25) is 4.79 Å². The van der Waals surface area contributed by atoms with Crippen LogP contribution in [-0.4, -0.2) is 16.6 Å². The first-order valence-electron chi connectivity index (χ1n) is 5.74. The third-order valence-corrected chi connectivity index (χ3v) is 2.38. The van der Waals surface area contributed by atoms with Gasteiger partial charge in [0.1, 0.15) is 11.4 Å². The highest BCUT2D eigenvalue weighted by Crippen LogP contribution is 2.20. The minimum atomic E-state index is -0.544. The number of H-pyrrole nitrogens is 1. The van der Waals surface area contributed by atoms with Gasteiger partial charge in [-0.1, -0.05) is 13.3 Å². The molecule has 0 fully saturated rings. The number of ether oxygens (including phenoxy) is 1. The van der Waals surface area contributed by atoms with Crippen LogP contribution in [0.1, 0.15) is 45.6 Å². The van der Waals surface area contributed by atoms with Gasteiger partial charge in [0.2, 0.25) is 0 Å². The molecule has 1 aromatic heterocycles. The van der Waals surface area contributed by atoms with Crippen LogP contribution in [0.15, 0.2) is 10.9 Å². The van der Waals surface area contributed by atoms with E-state index in [-0.39, 0.29) is 5.56 Å². The minimum Gasteiger partial charge on any atom is -0.368 e. The average Bonchev–Trinajstić information content (AvgIpc) is 2.17. The summed E-state index contributed by atoms with van der Waals surface area (Å²) >= 11 is 0. The van der Waals surface area contributed by atoms with Crippen molar-refractivity contribution in [1.82, 2.24) is 9.97 Å². The fourth-order valence-electron chi connectivity index (χ4n) is 1.61. The van der Waals surface area contributed by atoms with Gasteiger partial charge in [0.15, 0.2) is 0 Å². The standard InChI is InChI=1S/C12H20N2O2/c1-5-7-9-8-10(15)14-11(13-9)12(3,4)16-6-2/h8H,5-7H2,1-4H3,(H,13,14,15). The van der Waals surface area contributed by atoms with E-state index >= 15 is 0 Å². The molecule has 16 heavy (non-hydrogen) atoms. The van der Waals surface area contributed by atoms with Gasteiger partial charge in [0, 0.05) is 18.4 Å². The smallest absolute Gasteiger partial charge is 0.251 e. The van der Waals surface area contributed by atoms with Crippen molar-refractivity contribution in [3.05, 3.63) is 27.9 Å². The van der Waals surface area contributed by atoms with Crippen molar-refractivity contribution >= 4 is 0 Å². The van der Waals surface area contributed by atoms with E-state index in [2.05, 4.69) is 16.9 Å². The molecule has 0 saturated carbocycles. The van der Waals surface area contributed by atoms with Crippen LogP contribution in [0.25, 0.3) is 0 Å². The van der Waals surface area contributed by atoms with Gasteiger partial charge in [-0.25, -0.2) is 4.98 Å². The third kappa shape index (κ3) is 3.17. The van der Waals surface area contributed by atoms with Crippen molar-refractivity contribution in [2.75, 3.05) is 6.61 Å². The number of hydrogen-bond donors (Lipinski definition) is 1. The van der Waals surface area contributed by atoms with Gasteiger partial charge in [-0.15, -0.1) is 0 Å². The van der Waals surface area contributed by atoms with Crippen molar-refractivity contribution in [1.29, 1.82) is 0 Å². The molecule has 0 bridgehead atoms. The molecular formula is C12H20N2O2. The molecule has 0 aliphatic heterocycles. The largest absolute Gasteiger partial charge is 0.368 e. The Labute approximate surface area is 96.1 Å².